The van der Waals surface area contributed by atoms with Crippen LogP contribution in [-0.2, 0) is 16.0 Å². The fraction of sp³-hybridized carbons (Fsp3) is 0.600. The van der Waals surface area contributed by atoms with E-state index in [2.05, 4.69) is 44.7 Å². The van der Waals surface area contributed by atoms with Crippen LogP contribution in [0.25, 0.3) is 0 Å². The first-order valence-corrected chi connectivity index (χ1v) is 9.03. The van der Waals surface area contributed by atoms with Crippen LogP contribution in [0.5, 0.6) is 0 Å². The summed E-state index contributed by atoms with van der Waals surface area (Å²) in [5, 5.41) is 0. The molecule has 4 heteroatoms. The van der Waals surface area contributed by atoms with Gasteiger partial charge in [0.2, 0.25) is 0 Å². The second kappa shape index (κ2) is 10.8. The molecule has 0 aliphatic heterocycles. The van der Waals surface area contributed by atoms with Crippen molar-refractivity contribution < 1.29 is 9.53 Å². The number of ether oxygens (including phenoxy) is 1. The van der Waals surface area contributed by atoms with Crippen LogP contribution in [0, 0.1) is 5.92 Å². The number of hydrogen-bond acceptors (Lipinski definition) is 3. The van der Waals surface area contributed by atoms with Gasteiger partial charge in [0.1, 0.15) is 11.9 Å². The first-order chi connectivity index (χ1) is 11.5. The zero-order chi connectivity index (χ0) is 17.9. The second-order valence-electron chi connectivity index (χ2n) is 6.28. The van der Waals surface area contributed by atoms with Gasteiger partial charge in [0, 0.05) is 19.5 Å². The molecule has 1 aromatic rings. The Bertz CT molecular complexity index is 508. The van der Waals surface area contributed by atoms with Crippen LogP contribution < -0.4 is 0 Å². The summed E-state index contributed by atoms with van der Waals surface area (Å²) in [7, 11) is 0. The minimum atomic E-state index is -0.427. The van der Waals surface area contributed by atoms with E-state index < -0.39 is 6.04 Å². The molecule has 1 rings (SSSR count). The molecule has 0 N–H and O–H groups in total. The van der Waals surface area contributed by atoms with E-state index in [4.69, 9.17) is 9.73 Å². The maximum atomic E-state index is 12.3. The molecule has 0 heterocycles. The van der Waals surface area contributed by atoms with Crippen molar-refractivity contribution in [1.29, 1.82) is 0 Å². The largest absolute Gasteiger partial charge is 0.464 e. The highest BCUT2D eigenvalue weighted by Crippen LogP contribution is 2.13. The molecule has 0 saturated carbocycles. The fourth-order valence-corrected chi connectivity index (χ4v) is 2.67. The molecule has 1 unspecified atom stereocenters. The van der Waals surface area contributed by atoms with Crippen LogP contribution in [0.2, 0.25) is 0 Å². The van der Waals surface area contributed by atoms with Gasteiger partial charge in [0.15, 0.2) is 0 Å². The van der Waals surface area contributed by atoms with Crippen LogP contribution in [-0.4, -0.2) is 42.4 Å². The molecule has 24 heavy (non-hydrogen) atoms. The molecule has 0 aliphatic rings. The summed E-state index contributed by atoms with van der Waals surface area (Å²) in [4.78, 5) is 19.4. The summed E-state index contributed by atoms with van der Waals surface area (Å²) in [5.74, 6) is 1.13. The van der Waals surface area contributed by atoms with Gasteiger partial charge in [-0.2, -0.15) is 0 Å². The molecule has 0 saturated heterocycles. The monoisotopic (exact) mass is 332 g/mol. The number of rotatable bonds is 9. The predicted octanol–water partition coefficient (Wildman–Crippen LogP) is 3.95. The van der Waals surface area contributed by atoms with Crippen LogP contribution in [0.15, 0.2) is 35.3 Å². The average molecular weight is 332 g/mol. The number of hydrogen-bond donors (Lipinski definition) is 0. The molecule has 0 fully saturated rings. The number of carbonyl (C=O) groups is 1. The highest BCUT2D eigenvalue weighted by molar-refractivity contribution is 5.88. The van der Waals surface area contributed by atoms with Crippen molar-refractivity contribution in [3.05, 3.63) is 35.9 Å². The van der Waals surface area contributed by atoms with Crippen LogP contribution in [0.4, 0.5) is 0 Å². The van der Waals surface area contributed by atoms with Crippen molar-refractivity contribution in [2.24, 2.45) is 10.9 Å². The van der Waals surface area contributed by atoms with Crippen molar-refractivity contribution in [3.63, 3.8) is 0 Å². The zero-order valence-corrected chi connectivity index (χ0v) is 15.8. The van der Waals surface area contributed by atoms with Gasteiger partial charge in [0.25, 0.3) is 0 Å². The van der Waals surface area contributed by atoms with Crippen LogP contribution in [0.3, 0.4) is 0 Å². The number of likely N-dealkylation sites (N-methyl/N-ethyl adjacent to an activating group) is 1. The Morgan fingerprint density at radius 3 is 2.25 bits per heavy atom. The molecule has 1 atom stereocenters. The van der Waals surface area contributed by atoms with Crippen molar-refractivity contribution >= 4 is 11.8 Å². The van der Waals surface area contributed by atoms with E-state index in [1.54, 1.807) is 0 Å². The lowest BCUT2D eigenvalue weighted by atomic mass is 10.0. The van der Waals surface area contributed by atoms with Crippen molar-refractivity contribution in [2.45, 2.75) is 53.5 Å². The first-order valence-electron chi connectivity index (χ1n) is 9.03. The molecular weight excluding hydrogens is 300 g/mol. The van der Waals surface area contributed by atoms with E-state index in [0.717, 1.165) is 25.3 Å². The minimum absolute atomic E-state index is 0.219. The molecule has 0 bridgehead atoms. The minimum Gasteiger partial charge on any atom is -0.464 e. The lowest BCUT2D eigenvalue weighted by Crippen LogP contribution is -2.35. The van der Waals surface area contributed by atoms with Crippen molar-refractivity contribution in [1.82, 2.24) is 4.90 Å². The maximum Gasteiger partial charge on any atom is 0.330 e. The second-order valence-corrected chi connectivity index (χ2v) is 6.28. The molecule has 4 nitrogen and oxygen atoms in total. The van der Waals surface area contributed by atoms with Gasteiger partial charge < -0.3 is 9.64 Å². The van der Waals surface area contributed by atoms with Crippen molar-refractivity contribution in [3.8, 4) is 0 Å². The molecule has 0 amide bonds. The number of nitrogens with zero attached hydrogens (tertiary/aromatic N) is 2. The van der Waals surface area contributed by atoms with Gasteiger partial charge in [0.05, 0.1) is 6.61 Å². The van der Waals surface area contributed by atoms with E-state index in [-0.39, 0.29) is 5.97 Å². The Balaban J connectivity index is 3.11. The Labute approximate surface area is 146 Å². The van der Waals surface area contributed by atoms with Gasteiger partial charge in [-0.3, -0.25) is 4.99 Å². The predicted molar refractivity (Wildman–Crippen MR) is 100 cm³/mol. The lowest BCUT2D eigenvalue weighted by molar-refractivity contribution is -0.145. The highest BCUT2D eigenvalue weighted by atomic mass is 16.5. The van der Waals surface area contributed by atoms with E-state index in [0.29, 0.717) is 18.9 Å². The topological polar surface area (TPSA) is 41.9 Å². The number of carbonyl (C=O) groups excluding carboxylic acids is 1. The summed E-state index contributed by atoms with van der Waals surface area (Å²) in [6.07, 6.45) is 1.44. The summed E-state index contributed by atoms with van der Waals surface area (Å²) in [5.41, 5.74) is 1.20. The Morgan fingerprint density at radius 2 is 1.75 bits per heavy atom. The standard InChI is InChI=1S/C20H32N2O2/c1-6-22(7-2)19(15-17-12-10-9-11-13-17)21-18(14-16(4)5)20(23)24-8-3/h9-13,16,18H,6-8,14-15H2,1-5H3. The van der Waals surface area contributed by atoms with Gasteiger partial charge in [-0.15, -0.1) is 0 Å². The summed E-state index contributed by atoms with van der Waals surface area (Å²) < 4.78 is 5.24. The molecule has 0 radical (unpaired) electrons. The smallest absolute Gasteiger partial charge is 0.330 e. The molecule has 0 aromatic heterocycles. The SMILES string of the molecule is CCOC(=O)C(CC(C)C)N=C(Cc1ccccc1)N(CC)CC. The third kappa shape index (κ3) is 6.73. The molecular formula is C20H32N2O2. The normalized spacial score (nSPS) is 13.0. The first kappa shape index (κ1) is 20.2. The van der Waals surface area contributed by atoms with Crippen LogP contribution >= 0.6 is 0 Å². The van der Waals surface area contributed by atoms with Gasteiger partial charge in [-0.05, 0) is 38.7 Å². The molecule has 0 aliphatic carbocycles. The zero-order valence-electron chi connectivity index (χ0n) is 15.8. The average Bonchev–Trinajstić information content (AvgIpc) is 2.56. The highest BCUT2D eigenvalue weighted by Gasteiger charge is 2.22. The van der Waals surface area contributed by atoms with Gasteiger partial charge >= 0.3 is 5.97 Å². The van der Waals surface area contributed by atoms with Gasteiger partial charge in [-0.25, -0.2) is 4.79 Å². The van der Waals surface area contributed by atoms with Crippen molar-refractivity contribution in [2.75, 3.05) is 19.7 Å². The van der Waals surface area contributed by atoms with E-state index >= 15 is 0 Å². The Hall–Kier alpha value is -1.84. The number of esters is 1. The molecule has 1 aromatic carbocycles. The number of amidine groups is 1. The molecule has 134 valence electrons. The fourth-order valence-electron chi connectivity index (χ4n) is 2.67. The van der Waals surface area contributed by atoms with E-state index in [1.165, 1.54) is 5.56 Å². The maximum absolute atomic E-state index is 12.3. The van der Waals surface area contributed by atoms with E-state index in [1.807, 2.05) is 25.1 Å². The third-order valence-electron chi connectivity index (χ3n) is 3.89. The summed E-state index contributed by atoms with van der Waals surface area (Å²) in [6, 6.07) is 9.85. The summed E-state index contributed by atoms with van der Waals surface area (Å²) >= 11 is 0. The van der Waals surface area contributed by atoms with Crippen LogP contribution in [0.1, 0.15) is 46.6 Å². The lowest BCUT2D eigenvalue weighted by Gasteiger charge is -2.25. The Kier molecular flexibility index (Phi) is 9.13. The van der Waals surface area contributed by atoms with E-state index in [9.17, 15) is 4.79 Å². The number of aliphatic imine (C=N–C) groups is 1. The Morgan fingerprint density at radius 1 is 1.12 bits per heavy atom. The summed E-state index contributed by atoms with van der Waals surface area (Å²) in [6.45, 7) is 12.4. The quantitative estimate of drug-likeness (QED) is 0.391. The molecule has 0 spiro atoms. The van der Waals surface area contributed by atoms with Gasteiger partial charge in [-0.1, -0.05) is 44.2 Å². The third-order valence-corrected chi connectivity index (χ3v) is 3.89. The number of benzene rings is 1.